The van der Waals surface area contributed by atoms with E-state index < -0.39 is 0 Å². The van der Waals surface area contributed by atoms with Gasteiger partial charge in [0.05, 0.1) is 12.6 Å². The highest BCUT2D eigenvalue weighted by atomic mass is 15.2. The lowest BCUT2D eigenvalue weighted by Gasteiger charge is -2.33. The van der Waals surface area contributed by atoms with Crippen molar-refractivity contribution < 1.29 is 1.37 Å². The Morgan fingerprint density at radius 1 is 1.41 bits per heavy atom. The maximum absolute atomic E-state index is 7.88. The highest BCUT2D eigenvalue weighted by Crippen LogP contribution is 2.24. The third-order valence-corrected chi connectivity index (χ3v) is 3.12. The zero-order valence-electron chi connectivity index (χ0n) is 10.8. The molecule has 1 unspecified atom stereocenters. The van der Waals surface area contributed by atoms with Crippen molar-refractivity contribution >= 4 is 16.7 Å². The summed E-state index contributed by atoms with van der Waals surface area (Å²) in [6.45, 7) is 5.02. The molecule has 1 fully saturated rings. The Labute approximate surface area is 102 Å². The van der Waals surface area contributed by atoms with Crippen LogP contribution in [-0.2, 0) is 0 Å². The number of benzene rings is 1. The number of hydrogen-bond donors (Lipinski definition) is 1. The predicted octanol–water partition coefficient (Wildman–Crippen LogP) is 1.43. The molecule has 2 aromatic rings. The second-order valence-corrected chi connectivity index (χ2v) is 4.43. The van der Waals surface area contributed by atoms with E-state index in [1.807, 2.05) is 6.07 Å². The third kappa shape index (κ3) is 1.96. The molecule has 0 amide bonds. The Morgan fingerprint density at radius 2 is 2.29 bits per heavy atom. The van der Waals surface area contributed by atoms with Crippen LogP contribution in [0.3, 0.4) is 0 Å². The van der Waals surface area contributed by atoms with E-state index in [-0.39, 0.29) is 0 Å². The largest absolute Gasteiger partial charge is 0.367 e. The number of anilines is 1. The first-order chi connectivity index (χ1) is 8.74. The van der Waals surface area contributed by atoms with Gasteiger partial charge < -0.3 is 10.2 Å². The molecule has 1 saturated heterocycles. The molecule has 4 nitrogen and oxygen atoms in total. The van der Waals surface area contributed by atoms with E-state index >= 15 is 0 Å². The quantitative estimate of drug-likeness (QED) is 0.803. The predicted molar refractivity (Wildman–Crippen MR) is 69.2 cm³/mol. The van der Waals surface area contributed by atoms with Crippen molar-refractivity contribution in [2.75, 3.05) is 24.5 Å². The van der Waals surface area contributed by atoms with Crippen LogP contribution in [0.4, 0.5) is 5.69 Å². The lowest BCUT2D eigenvalue weighted by atomic mass is 10.2. The number of nitrogens with zero attached hydrogens (tertiary/aromatic N) is 3. The van der Waals surface area contributed by atoms with Crippen LogP contribution in [0.25, 0.3) is 11.0 Å². The van der Waals surface area contributed by atoms with Crippen LogP contribution in [0.5, 0.6) is 0 Å². The monoisotopic (exact) mass is 229 g/mol. The highest BCUT2D eigenvalue weighted by Gasteiger charge is 2.18. The van der Waals surface area contributed by atoms with Crippen molar-refractivity contribution in [2.45, 2.75) is 13.0 Å². The van der Waals surface area contributed by atoms with Gasteiger partial charge in [0.2, 0.25) is 0 Å². The fourth-order valence-corrected chi connectivity index (χ4v) is 2.31. The van der Waals surface area contributed by atoms with Gasteiger partial charge in [-0.15, -0.1) is 0 Å². The molecule has 0 saturated carbocycles. The van der Waals surface area contributed by atoms with Gasteiger partial charge in [0.15, 0.2) is 0 Å². The molecule has 1 aliphatic heterocycles. The van der Waals surface area contributed by atoms with Gasteiger partial charge in [-0.25, -0.2) is 0 Å². The summed E-state index contributed by atoms with van der Waals surface area (Å²) in [6.07, 6.45) is 3.38. The molecule has 1 atom stereocenters. The minimum Gasteiger partial charge on any atom is -0.367 e. The second kappa shape index (κ2) is 4.30. The van der Waals surface area contributed by atoms with Gasteiger partial charge >= 0.3 is 0 Å². The van der Waals surface area contributed by atoms with E-state index in [2.05, 4.69) is 27.1 Å². The summed E-state index contributed by atoms with van der Waals surface area (Å²) in [5, 5.41) is 3.42. The second-order valence-electron chi connectivity index (χ2n) is 4.43. The Morgan fingerprint density at radius 3 is 3.18 bits per heavy atom. The first kappa shape index (κ1) is 9.36. The van der Waals surface area contributed by atoms with Crippen molar-refractivity contribution in [3.63, 3.8) is 0 Å². The molecule has 2 heterocycles. The van der Waals surface area contributed by atoms with Crippen LogP contribution in [0.2, 0.25) is 0 Å². The number of piperazine rings is 1. The fraction of sp³-hybridized carbons (Fsp3) is 0.385. The Hall–Kier alpha value is -1.68. The van der Waals surface area contributed by atoms with Gasteiger partial charge in [-0.1, -0.05) is 6.04 Å². The SMILES string of the molecule is [2H]c1cc(N2CCNC(C)C2)c2nccnc2c1. The minimum atomic E-state index is 0.458. The Balaban J connectivity index is 2.09. The van der Waals surface area contributed by atoms with Gasteiger partial charge in [0.25, 0.3) is 0 Å². The minimum absolute atomic E-state index is 0.458. The van der Waals surface area contributed by atoms with Crippen molar-refractivity contribution in [1.29, 1.82) is 0 Å². The average molecular weight is 229 g/mol. The van der Waals surface area contributed by atoms with Crippen LogP contribution >= 0.6 is 0 Å². The molecule has 0 spiro atoms. The zero-order valence-corrected chi connectivity index (χ0v) is 9.85. The maximum atomic E-state index is 7.88. The van der Waals surface area contributed by atoms with Gasteiger partial charge in [-0.3, -0.25) is 9.97 Å². The third-order valence-electron chi connectivity index (χ3n) is 3.12. The van der Waals surface area contributed by atoms with Gasteiger partial charge in [-0.2, -0.15) is 0 Å². The van der Waals surface area contributed by atoms with Crippen molar-refractivity contribution in [3.8, 4) is 0 Å². The molecular formula is C13H16N4. The standard InChI is InChI=1S/C13H16N4/c1-10-9-17(8-7-14-10)12-4-2-3-11-13(12)16-6-5-15-11/h2-6,10,14H,7-9H2,1H3/i2D. The molecule has 4 heteroatoms. The molecular weight excluding hydrogens is 212 g/mol. The van der Waals surface area contributed by atoms with Gasteiger partial charge in [-0.05, 0) is 19.1 Å². The van der Waals surface area contributed by atoms with Crippen molar-refractivity contribution in [1.82, 2.24) is 15.3 Å². The molecule has 3 rings (SSSR count). The molecule has 17 heavy (non-hydrogen) atoms. The molecule has 1 aromatic heterocycles. The maximum Gasteiger partial charge on any atom is 0.112 e. The summed E-state index contributed by atoms with van der Waals surface area (Å²) in [5.74, 6) is 0. The fourth-order valence-electron chi connectivity index (χ4n) is 2.31. The summed E-state index contributed by atoms with van der Waals surface area (Å²) in [6, 6.07) is 4.59. The Kier molecular flexibility index (Phi) is 2.37. The molecule has 0 bridgehead atoms. The number of nitrogens with one attached hydrogen (secondary N) is 1. The van der Waals surface area contributed by atoms with E-state index in [4.69, 9.17) is 1.37 Å². The van der Waals surface area contributed by atoms with Crippen LogP contribution in [0, 0.1) is 0 Å². The number of para-hydroxylation sites is 1. The number of hydrogen-bond acceptors (Lipinski definition) is 4. The Bertz CT molecular complexity index is 572. The van der Waals surface area contributed by atoms with Crippen LogP contribution < -0.4 is 10.2 Å². The van der Waals surface area contributed by atoms with E-state index in [1.54, 1.807) is 18.5 Å². The zero-order chi connectivity index (χ0) is 12.5. The van der Waals surface area contributed by atoms with E-state index in [0.29, 0.717) is 12.1 Å². The highest BCUT2D eigenvalue weighted by molar-refractivity contribution is 5.88. The molecule has 1 N–H and O–H groups in total. The van der Waals surface area contributed by atoms with Crippen LogP contribution in [0.15, 0.2) is 30.6 Å². The number of rotatable bonds is 1. The average Bonchev–Trinajstić information content (AvgIpc) is 2.37. The van der Waals surface area contributed by atoms with Crippen LogP contribution in [-0.4, -0.2) is 35.6 Å². The first-order valence-electron chi connectivity index (χ1n) is 6.44. The van der Waals surface area contributed by atoms with Gasteiger partial charge in [0, 0.05) is 38.1 Å². The number of fused-ring (bicyclic) bond motifs is 1. The normalized spacial score (nSPS) is 21.6. The number of aromatic nitrogens is 2. The van der Waals surface area contributed by atoms with Crippen molar-refractivity contribution in [2.24, 2.45) is 0 Å². The van der Waals surface area contributed by atoms with E-state index in [9.17, 15) is 0 Å². The topological polar surface area (TPSA) is 41.0 Å². The molecule has 1 aromatic carbocycles. The van der Waals surface area contributed by atoms with E-state index in [1.165, 1.54) is 0 Å². The summed E-state index contributed by atoms with van der Waals surface area (Å²) in [4.78, 5) is 11.0. The molecule has 0 radical (unpaired) electrons. The van der Waals surface area contributed by atoms with Crippen LogP contribution in [0.1, 0.15) is 8.29 Å². The first-order valence-corrected chi connectivity index (χ1v) is 5.94. The summed E-state index contributed by atoms with van der Waals surface area (Å²) < 4.78 is 7.88. The molecule has 1 aliphatic rings. The smallest absolute Gasteiger partial charge is 0.112 e. The van der Waals surface area contributed by atoms with Gasteiger partial charge in [0.1, 0.15) is 5.52 Å². The molecule has 88 valence electrons. The summed E-state index contributed by atoms with van der Waals surface area (Å²) in [7, 11) is 0. The van der Waals surface area contributed by atoms with Crippen molar-refractivity contribution in [3.05, 3.63) is 30.6 Å². The summed E-state index contributed by atoms with van der Waals surface area (Å²) in [5.41, 5.74) is 2.72. The lowest BCUT2D eigenvalue weighted by molar-refractivity contribution is 0.485. The van der Waals surface area contributed by atoms with E-state index in [0.717, 1.165) is 36.4 Å². The summed E-state index contributed by atoms with van der Waals surface area (Å²) >= 11 is 0. The lowest BCUT2D eigenvalue weighted by Crippen LogP contribution is -2.49. The molecule has 0 aliphatic carbocycles.